The van der Waals surface area contributed by atoms with Crippen LogP contribution in [0.2, 0.25) is 0 Å². The van der Waals surface area contributed by atoms with E-state index in [-0.39, 0.29) is 23.7 Å². The quantitative estimate of drug-likeness (QED) is 0.760. The molecule has 1 unspecified atom stereocenters. The fourth-order valence-corrected chi connectivity index (χ4v) is 6.06. The molecule has 1 saturated heterocycles. The molecule has 1 aromatic heterocycles. The SMILES string of the molecule is O=C1C2[C@H]3CC[C@H]([C@@H]4C[C@@H]43)[C@H]2C(=O)N1c1cccc2ncccc12. The van der Waals surface area contributed by atoms with Crippen LogP contribution in [0.4, 0.5) is 5.69 Å². The maximum Gasteiger partial charge on any atom is 0.238 e. The van der Waals surface area contributed by atoms with Gasteiger partial charge in [0.05, 0.1) is 23.0 Å². The average molecular weight is 318 g/mol. The minimum Gasteiger partial charge on any atom is -0.274 e. The van der Waals surface area contributed by atoms with Gasteiger partial charge in [-0.05, 0) is 67.2 Å². The largest absolute Gasteiger partial charge is 0.274 e. The number of amides is 2. The molecule has 2 heterocycles. The van der Waals surface area contributed by atoms with Gasteiger partial charge in [-0.1, -0.05) is 6.07 Å². The molecule has 2 bridgehead atoms. The first-order valence-electron chi connectivity index (χ1n) is 8.97. The topological polar surface area (TPSA) is 50.3 Å². The number of hydrogen-bond donors (Lipinski definition) is 0. The molecule has 24 heavy (non-hydrogen) atoms. The van der Waals surface area contributed by atoms with E-state index in [1.54, 1.807) is 6.20 Å². The van der Waals surface area contributed by atoms with Crippen LogP contribution < -0.4 is 4.90 Å². The van der Waals surface area contributed by atoms with Crippen LogP contribution >= 0.6 is 0 Å². The van der Waals surface area contributed by atoms with E-state index >= 15 is 0 Å². The van der Waals surface area contributed by atoms with Crippen molar-refractivity contribution < 1.29 is 9.59 Å². The van der Waals surface area contributed by atoms with E-state index in [4.69, 9.17) is 0 Å². The van der Waals surface area contributed by atoms with Crippen LogP contribution in [0.3, 0.4) is 0 Å². The third-order valence-electron chi connectivity index (χ3n) is 7.01. The summed E-state index contributed by atoms with van der Waals surface area (Å²) in [7, 11) is 0. The van der Waals surface area contributed by atoms with Gasteiger partial charge in [-0.15, -0.1) is 0 Å². The van der Waals surface area contributed by atoms with Crippen molar-refractivity contribution in [2.45, 2.75) is 19.3 Å². The molecule has 4 aliphatic carbocycles. The first kappa shape index (κ1) is 13.1. The number of fused-ring (bicyclic) bond motifs is 2. The van der Waals surface area contributed by atoms with Crippen molar-refractivity contribution in [2.75, 3.05) is 4.90 Å². The summed E-state index contributed by atoms with van der Waals surface area (Å²) in [4.78, 5) is 32.3. The molecule has 120 valence electrons. The Morgan fingerprint density at radius 3 is 2.29 bits per heavy atom. The Hall–Kier alpha value is -2.23. The first-order valence-corrected chi connectivity index (χ1v) is 8.97. The molecule has 0 N–H and O–H groups in total. The Morgan fingerprint density at radius 2 is 1.58 bits per heavy atom. The maximum atomic E-state index is 13.2. The van der Waals surface area contributed by atoms with Crippen molar-refractivity contribution in [3.05, 3.63) is 36.5 Å². The zero-order valence-corrected chi connectivity index (χ0v) is 13.3. The van der Waals surface area contributed by atoms with E-state index in [0.717, 1.165) is 41.3 Å². The second kappa shape index (κ2) is 4.24. The third-order valence-corrected chi connectivity index (χ3v) is 7.01. The number of nitrogens with zero attached hydrogens (tertiary/aromatic N) is 2. The van der Waals surface area contributed by atoms with Gasteiger partial charge in [-0.3, -0.25) is 14.6 Å². The second-order valence-corrected chi connectivity index (χ2v) is 7.88. The minimum atomic E-state index is -0.0630. The molecule has 4 nitrogen and oxygen atoms in total. The van der Waals surface area contributed by atoms with Gasteiger partial charge in [0.1, 0.15) is 0 Å². The number of imide groups is 1. The molecule has 0 spiro atoms. The number of pyridine rings is 1. The van der Waals surface area contributed by atoms with E-state index in [9.17, 15) is 9.59 Å². The summed E-state index contributed by atoms with van der Waals surface area (Å²) in [6, 6.07) is 9.52. The van der Waals surface area contributed by atoms with Crippen molar-refractivity contribution in [3.8, 4) is 0 Å². The van der Waals surface area contributed by atoms with Gasteiger partial charge in [0.25, 0.3) is 0 Å². The molecule has 4 saturated carbocycles. The van der Waals surface area contributed by atoms with Crippen molar-refractivity contribution >= 4 is 28.4 Å². The van der Waals surface area contributed by atoms with Gasteiger partial charge in [0.2, 0.25) is 11.8 Å². The predicted octanol–water partition coefficient (Wildman–Crippen LogP) is 3.02. The first-order chi connectivity index (χ1) is 11.8. The standard InChI is InChI=1S/C20H18N2O2/c23-19-17-10-6-7-11(14-9-13(10)14)18(17)20(24)22(19)16-5-1-4-15-12(16)3-2-8-21-15/h1-5,8,10-11,13-14,17-18H,6-7,9H2/t10-,11+,13+,14-,17-,18?/m1/s1. The molecule has 2 aromatic rings. The van der Waals surface area contributed by atoms with Crippen molar-refractivity contribution in [1.29, 1.82) is 0 Å². The normalized spacial score (nSPS) is 39.2. The smallest absolute Gasteiger partial charge is 0.238 e. The van der Waals surface area contributed by atoms with Gasteiger partial charge in [-0.2, -0.15) is 0 Å². The Balaban J connectivity index is 1.51. The lowest BCUT2D eigenvalue weighted by Gasteiger charge is -2.42. The number of benzene rings is 1. The van der Waals surface area contributed by atoms with Crippen molar-refractivity contribution in [1.82, 2.24) is 4.98 Å². The van der Waals surface area contributed by atoms with Crippen LogP contribution in [0, 0.1) is 35.5 Å². The number of aromatic nitrogens is 1. The van der Waals surface area contributed by atoms with Crippen molar-refractivity contribution in [3.63, 3.8) is 0 Å². The molecule has 4 heteroatoms. The molecule has 6 atom stereocenters. The maximum absolute atomic E-state index is 13.2. The number of rotatable bonds is 1. The third kappa shape index (κ3) is 1.43. The molecular formula is C20H18N2O2. The number of carbonyl (C=O) groups is 2. The molecule has 1 aliphatic heterocycles. The second-order valence-electron chi connectivity index (χ2n) is 7.88. The van der Waals surface area contributed by atoms with Crippen LogP contribution in [-0.4, -0.2) is 16.8 Å². The van der Waals surface area contributed by atoms with Crippen LogP contribution in [0.25, 0.3) is 10.9 Å². The highest BCUT2D eigenvalue weighted by Crippen LogP contribution is 2.68. The number of carbonyl (C=O) groups excluding carboxylic acids is 2. The molecule has 1 aromatic carbocycles. The summed E-state index contributed by atoms with van der Waals surface area (Å²) >= 11 is 0. The predicted molar refractivity (Wildman–Crippen MR) is 89.0 cm³/mol. The molecule has 0 radical (unpaired) electrons. The van der Waals surface area contributed by atoms with Crippen molar-refractivity contribution in [2.24, 2.45) is 35.5 Å². The van der Waals surface area contributed by atoms with E-state index in [1.165, 1.54) is 11.3 Å². The zero-order chi connectivity index (χ0) is 16.0. The monoisotopic (exact) mass is 318 g/mol. The lowest BCUT2D eigenvalue weighted by atomic mass is 9.59. The summed E-state index contributed by atoms with van der Waals surface area (Å²) in [5.74, 6) is 2.28. The molecule has 2 amide bonds. The Labute approximate surface area is 139 Å². The van der Waals surface area contributed by atoms with Crippen LogP contribution in [0.15, 0.2) is 36.5 Å². The Bertz CT molecular complexity index is 868. The molecule has 7 rings (SSSR count). The van der Waals surface area contributed by atoms with Crippen LogP contribution in [0.1, 0.15) is 19.3 Å². The van der Waals surface area contributed by atoms with Gasteiger partial charge >= 0.3 is 0 Å². The molecule has 5 fully saturated rings. The highest BCUT2D eigenvalue weighted by atomic mass is 16.2. The highest BCUT2D eigenvalue weighted by Gasteiger charge is 2.68. The lowest BCUT2D eigenvalue weighted by molar-refractivity contribution is -0.129. The zero-order valence-electron chi connectivity index (χ0n) is 13.3. The van der Waals surface area contributed by atoms with E-state index < -0.39 is 0 Å². The van der Waals surface area contributed by atoms with Gasteiger partial charge in [0.15, 0.2) is 0 Å². The molecular weight excluding hydrogens is 300 g/mol. The van der Waals surface area contributed by atoms with Crippen LogP contribution in [0.5, 0.6) is 0 Å². The summed E-state index contributed by atoms with van der Waals surface area (Å²) in [5.41, 5.74) is 1.55. The van der Waals surface area contributed by atoms with Gasteiger partial charge < -0.3 is 0 Å². The Morgan fingerprint density at radius 1 is 0.875 bits per heavy atom. The summed E-state index contributed by atoms with van der Waals surface area (Å²) < 4.78 is 0. The Kier molecular flexibility index (Phi) is 2.31. The van der Waals surface area contributed by atoms with E-state index in [1.807, 2.05) is 30.3 Å². The fraction of sp³-hybridized carbons (Fsp3) is 0.450. The van der Waals surface area contributed by atoms with E-state index in [2.05, 4.69) is 4.98 Å². The molecule has 5 aliphatic rings. The summed E-state index contributed by atoms with van der Waals surface area (Å²) in [6.07, 6.45) is 5.27. The summed E-state index contributed by atoms with van der Waals surface area (Å²) in [6.45, 7) is 0. The number of anilines is 1. The van der Waals surface area contributed by atoms with Crippen LogP contribution in [-0.2, 0) is 9.59 Å². The highest BCUT2D eigenvalue weighted by molar-refractivity contribution is 6.25. The minimum absolute atomic E-state index is 0.0430. The van der Waals surface area contributed by atoms with E-state index in [0.29, 0.717) is 11.8 Å². The van der Waals surface area contributed by atoms with Gasteiger partial charge in [0, 0.05) is 11.6 Å². The average Bonchev–Trinajstić information content (AvgIpc) is 3.39. The van der Waals surface area contributed by atoms with Gasteiger partial charge in [-0.25, -0.2) is 4.90 Å². The fourth-order valence-electron chi connectivity index (χ4n) is 6.06. The lowest BCUT2D eigenvalue weighted by Crippen LogP contribution is -2.43. The number of hydrogen-bond acceptors (Lipinski definition) is 3. The summed E-state index contributed by atoms with van der Waals surface area (Å²) in [5, 5.41) is 0.887.